The Labute approximate surface area is 171 Å². The monoisotopic (exact) mass is 441 g/mol. The van der Waals surface area contributed by atoms with Gasteiger partial charge in [0.05, 0.1) is 17.2 Å². The number of nitrogens with two attached hydrogens (primary N) is 1. The molecule has 10 heteroatoms. The fourth-order valence-corrected chi connectivity index (χ4v) is 4.75. The summed E-state index contributed by atoms with van der Waals surface area (Å²) in [6, 6.07) is 8.93. The van der Waals surface area contributed by atoms with Crippen molar-refractivity contribution in [2.45, 2.75) is 30.3 Å². The van der Waals surface area contributed by atoms with E-state index in [1.807, 2.05) is 0 Å². The molecule has 2 N–H and O–H groups in total. The number of benzene rings is 2. The van der Waals surface area contributed by atoms with E-state index in [0.717, 1.165) is 17.7 Å². The predicted octanol–water partition coefficient (Wildman–Crippen LogP) is 2.90. The van der Waals surface area contributed by atoms with Gasteiger partial charge in [0.15, 0.2) is 15.8 Å². The van der Waals surface area contributed by atoms with Crippen LogP contribution in [0.1, 0.15) is 18.9 Å². The highest BCUT2D eigenvalue weighted by atomic mass is 35.5. The van der Waals surface area contributed by atoms with Crippen molar-refractivity contribution in [3.63, 3.8) is 0 Å². The van der Waals surface area contributed by atoms with Gasteiger partial charge in [0.2, 0.25) is 0 Å². The maximum absolute atomic E-state index is 13.4. The van der Waals surface area contributed by atoms with Crippen LogP contribution < -0.4 is 5.73 Å². The summed E-state index contributed by atoms with van der Waals surface area (Å²) in [5.41, 5.74) is 5.23. The van der Waals surface area contributed by atoms with Gasteiger partial charge >= 0.3 is 0 Å². The third kappa shape index (κ3) is 4.56. The number of sulfone groups is 1. The second kappa shape index (κ2) is 7.72. The summed E-state index contributed by atoms with van der Waals surface area (Å²) in [5, 5.41) is 0.501. The second-order valence-electron chi connectivity index (χ2n) is 6.94. The van der Waals surface area contributed by atoms with Crippen LogP contribution in [0.15, 0.2) is 52.4 Å². The Bertz CT molecular complexity index is 1090. The summed E-state index contributed by atoms with van der Waals surface area (Å²) in [6.45, 7) is 1.61. The summed E-state index contributed by atoms with van der Waals surface area (Å²) < 4.78 is 51.7. The van der Waals surface area contributed by atoms with E-state index in [0.29, 0.717) is 11.1 Å². The van der Waals surface area contributed by atoms with Crippen LogP contribution in [0.5, 0.6) is 0 Å². The quantitative estimate of drug-likeness (QED) is 0.745. The van der Waals surface area contributed by atoms with Gasteiger partial charge in [0, 0.05) is 11.1 Å². The first-order valence-corrected chi connectivity index (χ1v) is 10.6. The minimum Gasteiger partial charge on any atom is -0.369 e. The van der Waals surface area contributed by atoms with Crippen molar-refractivity contribution in [2.75, 3.05) is 5.75 Å². The zero-order valence-electron chi connectivity index (χ0n) is 15.4. The molecule has 0 saturated carbocycles. The molecule has 1 heterocycles. The number of hydrogen-bond acceptors (Lipinski definition) is 5. The molecule has 1 unspecified atom stereocenters. The number of rotatable bonds is 6. The molecule has 0 aliphatic carbocycles. The zero-order valence-corrected chi connectivity index (χ0v) is 17.0. The average Bonchev–Trinajstić information content (AvgIpc) is 2.83. The SMILES string of the molecule is CC1(CCS(=O)(=O)c2cc(F)cc(F)c2)N=C(N)N(Cc2cccc(Cl)c2)C1=O. The van der Waals surface area contributed by atoms with Gasteiger partial charge in [-0.25, -0.2) is 22.2 Å². The Morgan fingerprint density at radius 2 is 1.83 bits per heavy atom. The first-order chi connectivity index (χ1) is 13.5. The number of carbonyl (C=O) groups is 1. The Kier molecular flexibility index (Phi) is 5.64. The number of amides is 1. The van der Waals surface area contributed by atoms with E-state index in [9.17, 15) is 22.0 Å². The van der Waals surface area contributed by atoms with Crippen molar-refractivity contribution in [1.29, 1.82) is 0 Å². The van der Waals surface area contributed by atoms with E-state index < -0.39 is 43.6 Å². The van der Waals surface area contributed by atoms with Crippen LogP contribution in [0, 0.1) is 11.6 Å². The van der Waals surface area contributed by atoms with E-state index in [1.54, 1.807) is 24.3 Å². The Balaban J connectivity index is 1.76. The van der Waals surface area contributed by atoms with Gasteiger partial charge in [0.25, 0.3) is 5.91 Å². The molecule has 1 amide bonds. The molecule has 0 radical (unpaired) electrons. The molecule has 0 aromatic heterocycles. The molecule has 1 aliphatic heterocycles. The molecule has 0 fully saturated rings. The van der Waals surface area contributed by atoms with Gasteiger partial charge in [-0.3, -0.25) is 9.69 Å². The van der Waals surface area contributed by atoms with Crippen molar-refractivity contribution in [1.82, 2.24) is 4.90 Å². The average molecular weight is 442 g/mol. The Hall–Kier alpha value is -2.52. The third-order valence-corrected chi connectivity index (χ3v) is 6.56. The van der Waals surface area contributed by atoms with Crippen LogP contribution in [-0.4, -0.2) is 36.5 Å². The molecule has 1 aliphatic rings. The van der Waals surface area contributed by atoms with Gasteiger partial charge in [0.1, 0.15) is 17.2 Å². The Morgan fingerprint density at radius 3 is 2.45 bits per heavy atom. The lowest BCUT2D eigenvalue weighted by molar-refractivity contribution is -0.131. The summed E-state index contributed by atoms with van der Waals surface area (Å²) in [5.74, 6) is -3.02. The van der Waals surface area contributed by atoms with E-state index in [-0.39, 0.29) is 18.9 Å². The standard InChI is InChI=1S/C19H18ClF2N3O3S/c1-19(5-6-29(27,28)16-9-14(21)8-15(22)10-16)17(26)25(18(23)24-19)11-12-3-2-4-13(20)7-12/h2-4,7-10H,5-6,11H2,1H3,(H2,23,24). The third-order valence-electron chi connectivity index (χ3n) is 4.63. The number of nitrogens with zero attached hydrogens (tertiary/aromatic N) is 2. The molecule has 2 aromatic rings. The predicted molar refractivity (Wildman–Crippen MR) is 105 cm³/mol. The van der Waals surface area contributed by atoms with E-state index in [2.05, 4.69) is 4.99 Å². The number of guanidine groups is 1. The fraction of sp³-hybridized carbons (Fsp3) is 0.263. The fourth-order valence-electron chi connectivity index (χ4n) is 3.05. The number of carbonyl (C=O) groups excluding carboxylic acids is 1. The maximum Gasteiger partial charge on any atom is 0.257 e. The van der Waals surface area contributed by atoms with Gasteiger partial charge in [-0.15, -0.1) is 0 Å². The van der Waals surface area contributed by atoms with Crippen molar-refractivity contribution in [2.24, 2.45) is 10.7 Å². The van der Waals surface area contributed by atoms with Crippen LogP contribution in [0.25, 0.3) is 0 Å². The van der Waals surface area contributed by atoms with Crippen LogP contribution in [0.2, 0.25) is 5.02 Å². The highest BCUT2D eigenvalue weighted by molar-refractivity contribution is 7.91. The van der Waals surface area contributed by atoms with E-state index >= 15 is 0 Å². The summed E-state index contributed by atoms with van der Waals surface area (Å²) in [4.78, 5) is 17.8. The summed E-state index contributed by atoms with van der Waals surface area (Å²) in [6.07, 6.45) is -0.195. The number of hydrogen-bond donors (Lipinski definition) is 1. The highest BCUT2D eigenvalue weighted by Gasteiger charge is 2.44. The molecule has 0 bridgehead atoms. The van der Waals surface area contributed by atoms with Crippen molar-refractivity contribution in [3.8, 4) is 0 Å². The molecule has 1 atom stereocenters. The maximum atomic E-state index is 13.4. The molecular weight excluding hydrogens is 424 g/mol. The molecule has 0 spiro atoms. The summed E-state index contributed by atoms with van der Waals surface area (Å²) >= 11 is 5.95. The van der Waals surface area contributed by atoms with Crippen molar-refractivity contribution >= 4 is 33.3 Å². The molecule has 154 valence electrons. The van der Waals surface area contributed by atoms with Crippen LogP contribution in [0.4, 0.5) is 8.78 Å². The highest BCUT2D eigenvalue weighted by Crippen LogP contribution is 2.28. The number of halogens is 3. The second-order valence-corrected chi connectivity index (χ2v) is 9.48. The smallest absolute Gasteiger partial charge is 0.257 e. The lowest BCUT2D eigenvalue weighted by Crippen LogP contribution is -2.43. The molecule has 29 heavy (non-hydrogen) atoms. The molecule has 6 nitrogen and oxygen atoms in total. The van der Waals surface area contributed by atoms with E-state index in [4.69, 9.17) is 17.3 Å². The minimum absolute atomic E-state index is 0.0355. The van der Waals surface area contributed by atoms with Crippen LogP contribution >= 0.6 is 11.6 Å². The van der Waals surface area contributed by atoms with Crippen LogP contribution in [-0.2, 0) is 21.2 Å². The number of aliphatic imine (C=N–C) groups is 1. The first kappa shape index (κ1) is 21.2. The molecule has 0 saturated heterocycles. The zero-order chi connectivity index (χ0) is 21.4. The van der Waals surface area contributed by atoms with E-state index in [1.165, 1.54) is 11.8 Å². The van der Waals surface area contributed by atoms with Gasteiger partial charge in [-0.2, -0.15) is 0 Å². The van der Waals surface area contributed by atoms with Crippen molar-refractivity contribution < 1.29 is 22.0 Å². The largest absolute Gasteiger partial charge is 0.369 e. The molecule has 3 rings (SSSR count). The minimum atomic E-state index is -4.03. The van der Waals surface area contributed by atoms with Crippen molar-refractivity contribution in [3.05, 3.63) is 64.7 Å². The lowest BCUT2D eigenvalue weighted by atomic mass is 9.99. The lowest BCUT2D eigenvalue weighted by Gasteiger charge is -2.22. The molecule has 2 aromatic carbocycles. The normalized spacial score (nSPS) is 19.5. The van der Waals surface area contributed by atoms with Gasteiger partial charge in [-0.1, -0.05) is 23.7 Å². The first-order valence-electron chi connectivity index (χ1n) is 8.61. The van der Waals surface area contributed by atoms with Gasteiger partial charge in [-0.05, 0) is 43.2 Å². The topological polar surface area (TPSA) is 92.8 Å². The van der Waals surface area contributed by atoms with Crippen LogP contribution in [0.3, 0.4) is 0 Å². The van der Waals surface area contributed by atoms with Gasteiger partial charge < -0.3 is 5.73 Å². The molecular formula is C19H18ClF2N3O3S. The summed E-state index contributed by atoms with van der Waals surface area (Å²) in [7, 11) is -4.03. The Morgan fingerprint density at radius 1 is 1.17 bits per heavy atom.